The lowest BCUT2D eigenvalue weighted by molar-refractivity contribution is -0.116. The lowest BCUT2D eigenvalue weighted by Gasteiger charge is -2.30. The molecule has 1 aromatic carbocycles. The van der Waals surface area contributed by atoms with Crippen LogP contribution in [-0.2, 0) is 19.6 Å². The predicted octanol–water partition coefficient (Wildman–Crippen LogP) is 1.52. The Hall–Kier alpha value is -1.64. The molecule has 0 saturated carbocycles. The van der Waals surface area contributed by atoms with Crippen LogP contribution in [-0.4, -0.2) is 64.3 Å². The first-order chi connectivity index (χ1) is 11.9. The van der Waals surface area contributed by atoms with E-state index >= 15 is 0 Å². The number of unbranched alkanes of at least 4 members (excludes halogenated alkanes) is 1. The molecule has 7 nitrogen and oxygen atoms in total. The first kappa shape index (κ1) is 19.7. The fraction of sp³-hybridized carbons (Fsp3) is 0.588. The first-order valence-corrected chi connectivity index (χ1v) is 10.4. The summed E-state index contributed by atoms with van der Waals surface area (Å²) in [5.41, 5.74) is 1.62. The minimum atomic E-state index is -3.41. The van der Waals surface area contributed by atoms with E-state index in [1.165, 1.54) is 4.31 Å². The van der Waals surface area contributed by atoms with E-state index in [0.29, 0.717) is 25.4 Å². The summed E-state index contributed by atoms with van der Waals surface area (Å²) >= 11 is 0. The largest absolute Gasteiger partial charge is 0.378 e. The summed E-state index contributed by atoms with van der Waals surface area (Å²) in [4.78, 5) is 14.6. The SMILES string of the molecule is CCCCN(CC(=O)Nc1ccccc1N1CCOCC1)S(C)(=O)=O. The lowest BCUT2D eigenvalue weighted by atomic mass is 10.2. The zero-order valence-electron chi connectivity index (χ0n) is 14.9. The Labute approximate surface area is 150 Å². The molecule has 0 unspecified atom stereocenters. The average molecular weight is 369 g/mol. The number of benzene rings is 1. The highest BCUT2D eigenvalue weighted by Crippen LogP contribution is 2.26. The normalized spacial score (nSPS) is 15.4. The van der Waals surface area contributed by atoms with Crippen molar-refractivity contribution in [2.45, 2.75) is 19.8 Å². The number of anilines is 2. The van der Waals surface area contributed by atoms with Crippen LogP contribution < -0.4 is 10.2 Å². The van der Waals surface area contributed by atoms with Crippen LogP contribution in [0, 0.1) is 0 Å². The summed E-state index contributed by atoms with van der Waals surface area (Å²) < 4.78 is 30.3. The first-order valence-electron chi connectivity index (χ1n) is 8.58. The number of rotatable bonds is 8. The number of sulfonamides is 1. The Kier molecular flexibility index (Phi) is 7.22. The summed E-state index contributed by atoms with van der Waals surface area (Å²) in [6.45, 7) is 5.00. The van der Waals surface area contributed by atoms with Crippen LogP contribution in [0.15, 0.2) is 24.3 Å². The van der Waals surface area contributed by atoms with Crippen molar-refractivity contribution in [1.29, 1.82) is 0 Å². The van der Waals surface area contributed by atoms with Gasteiger partial charge in [-0.3, -0.25) is 4.79 Å². The minimum Gasteiger partial charge on any atom is -0.378 e. The summed E-state index contributed by atoms with van der Waals surface area (Å²) in [6.07, 6.45) is 2.73. The van der Waals surface area contributed by atoms with Gasteiger partial charge < -0.3 is 15.0 Å². The molecular weight excluding hydrogens is 342 g/mol. The number of carbonyl (C=O) groups is 1. The molecule has 1 N–H and O–H groups in total. The quantitative estimate of drug-likeness (QED) is 0.752. The van der Waals surface area contributed by atoms with Gasteiger partial charge in [-0.15, -0.1) is 0 Å². The molecule has 0 aromatic heterocycles. The van der Waals surface area contributed by atoms with Crippen molar-refractivity contribution in [3.8, 4) is 0 Å². The zero-order valence-corrected chi connectivity index (χ0v) is 15.7. The van der Waals surface area contributed by atoms with E-state index in [2.05, 4.69) is 10.2 Å². The van der Waals surface area contributed by atoms with Gasteiger partial charge in [0, 0.05) is 19.6 Å². The predicted molar refractivity (Wildman–Crippen MR) is 99.4 cm³/mol. The molecule has 1 saturated heterocycles. The number of nitrogens with zero attached hydrogens (tertiary/aromatic N) is 2. The molecule has 0 radical (unpaired) electrons. The molecule has 1 aromatic rings. The number of ether oxygens (including phenoxy) is 1. The monoisotopic (exact) mass is 369 g/mol. The fourth-order valence-electron chi connectivity index (χ4n) is 2.71. The summed E-state index contributed by atoms with van der Waals surface area (Å²) in [5.74, 6) is -0.331. The molecule has 2 rings (SSSR count). The number of hydrogen-bond acceptors (Lipinski definition) is 5. The Morgan fingerprint density at radius 2 is 1.96 bits per heavy atom. The number of carbonyl (C=O) groups excluding carboxylic acids is 1. The highest BCUT2D eigenvalue weighted by Gasteiger charge is 2.21. The van der Waals surface area contributed by atoms with Crippen LogP contribution in [0.2, 0.25) is 0 Å². The Morgan fingerprint density at radius 1 is 1.28 bits per heavy atom. The second-order valence-electron chi connectivity index (χ2n) is 6.11. The van der Waals surface area contributed by atoms with Crippen molar-refractivity contribution >= 4 is 27.3 Å². The summed E-state index contributed by atoms with van der Waals surface area (Å²) in [6, 6.07) is 7.56. The third-order valence-electron chi connectivity index (χ3n) is 4.08. The van der Waals surface area contributed by atoms with E-state index in [0.717, 1.165) is 37.9 Å². The minimum absolute atomic E-state index is 0.170. The van der Waals surface area contributed by atoms with E-state index in [-0.39, 0.29) is 12.5 Å². The Morgan fingerprint density at radius 3 is 2.60 bits per heavy atom. The van der Waals surface area contributed by atoms with Gasteiger partial charge in [-0.1, -0.05) is 25.5 Å². The molecule has 0 atom stereocenters. The van der Waals surface area contributed by atoms with Crippen LogP contribution >= 0.6 is 0 Å². The van der Waals surface area contributed by atoms with E-state index in [1.807, 2.05) is 31.2 Å². The summed E-state index contributed by atoms with van der Waals surface area (Å²) in [7, 11) is -3.41. The van der Waals surface area contributed by atoms with E-state index in [1.54, 1.807) is 0 Å². The van der Waals surface area contributed by atoms with Crippen molar-refractivity contribution in [1.82, 2.24) is 4.31 Å². The maximum atomic E-state index is 12.4. The van der Waals surface area contributed by atoms with Crippen molar-refractivity contribution in [2.75, 3.05) is 55.9 Å². The molecule has 25 heavy (non-hydrogen) atoms. The second kappa shape index (κ2) is 9.17. The number of nitrogens with one attached hydrogen (secondary N) is 1. The van der Waals surface area contributed by atoms with Gasteiger partial charge in [0.2, 0.25) is 15.9 Å². The van der Waals surface area contributed by atoms with Crippen molar-refractivity contribution in [3.05, 3.63) is 24.3 Å². The van der Waals surface area contributed by atoms with E-state index < -0.39 is 10.0 Å². The van der Waals surface area contributed by atoms with Gasteiger partial charge in [-0.25, -0.2) is 8.42 Å². The third-order valence-corrected chi connectivity index (χ3v) is 5.33. The van der Waals surface area contributed by atoms with Gasteiger partial charge in [0.25, 0.3) is 0 Å². The number of hydrogen-bond donors (Lipinski definition) is 1. The molecule has 8 heteroatoms. The highest BCUT2D eigenvalue weighted by atomic mass is 32.2. The van der Waals surface area contributed by atoms with Gasteiger partial charge in [-0.05, 0) is 18.6 Å². The Bertz CT molecular complexity index is 672. The molecule has 1 aliphatic heterocycles. The standard InChI is InChI=1S/C17H27N3O4S/c1-3-4-9-20(25(2,22)23)14-17(21)18-15-7-5-6-8-16(15)19-10-12-24-13-11-19/h5-8H,3-4,9-14H2,1-2H3,(H,18,21). The molecule has 140 valence electrons. The second-order valence-corrected chi connectivity index (χ2v) is 8.10. The maximum Gasteiger partial charge on any atom is 0.239 e. The number of amides is 1. The molecule has 0 aliphatic carbocycles. The highest BCUT2D eigenvalue weighted by molar-refractivity contribution is 7.88. The molecule has 0 spiro atoms. The van der Waals surface area contributed by atoms with Crippen LogP contribution in [0.25, 0.3) is 0 Å². The van der Waals surface area contributed by atoms with Gasteiger partial charge in [0.15, 0.2) is 0 Å². The van der Waals surface area contributed by atoms with E-state index in [9.17, 15) is 13.2 Å². The maximum absolute atomic E-state index is 12.4. The molecule has 1 heterocycles. The van der Waals surface area contributed by atoms with E-state index in [4.69, 9.17) is 4.74 Å². The molecule has 1 amide bonds. The van der Waals surface area contributed by atoms with Crippen molar-refractivity contribution in [3.63, 3.8) is 0 Å². The average Bonchev–Trinajstić information content (AvgIpc) is 2.59. The molecule has 1 fully saturated rings. The van der Waals surface area contributed by atoms with Crippen LogP contribution in [0.5, 0.6) is 0 Å². The topological polar surface area (TPSA) is 79.0 Å². The fourth-order valence-corrected chi connectivity index (χ4v) is 3.52. The number of para-hydroxylation sites is 2. The smallest absolute Gasteiger partial charge is 0.239 e. The molecule has 0 bridgehead atoms. The lowest BCUT2D eigenvalue weighted by Crippen LogP contribution is -2.39. The number of morpholine rings is 1. The zero-order chi connectivity index (χ0) is 18.3. The van der Waals surface area contributed by atoms with Crippen molar-refractivity contribution < 1.29 is 17.9 Å². The van der Waals surface area contributed by atoms with Crippen LogP contribution in [0.3, 0.4) is 0 Å². The molecule has 1 aliphatic rings. The van der Waals surface area contributed by atoms with Gasteiger partial charge >= 0.3 is 0 Å². The van der Waals surface area contributed by atoms with Gasteiger partial charge in [-0.2, -0.15) is 4.31 Å². The van der Waals surface area contributed by atoms with Gasteiger partial charge in [0.1, 0.15) is 0 Å². The van der Waals surface area contributed by atoms with Crippen LogP contribution in [0.4, 0.5) is 11.4 Å². The van der Waals surface area contributed by atoms with Gasteiger partial charge in [0.05, 0.1) is 37.4 Å². The van der Waals surface area contributed by atoms with Crippen molar-refractivity contribution in [2.24, 2.45) is 0 Å². The summed E-state index contributed by atoms with van der Waals surface area (Å²) in [5, 5.41) is 2.86. The Balaban J connectivity index is 2.06. The third kappa shape index (κ3) is 5.98. The van der Waals surface area contributed by atoms with Crippen LogP contribution in [0.1, 0.15) is 19.8 Å². The molecular formula is C17H27N3O4S.